The number of ether oxygens (including phenoxy) is 2. The van der Waals surface area contributed by atoms with Gasteiger partial charge in [-0.3, -0.25) is 0 Å². The third kappa shape index (κ3) is 4.44. The molecule has 0 aliphatic carbocycles. The topological polar surface area (TPSA) is 117 Å². The van der Waals surface area contributed by atoms with Crippen molar-refractivity contribution in [3.63, 3.8) is 0 Å². The molecule has 0 radical (unpaired) electrons. The summed E-state index contributed by atoms with van der Waals surface area (Å²) < 4.78 is 10.3. The highest BCUT2D eigenvalue weighted by molar-refractivity contribution is 6.06. The molecular formula is C22H20N2O6. The van der Waals surface area contributed by atoms with Crippen LogP contribution in [0.5, 0.6) is 11.5 Å². The maximum atomic E-state index is 11.8. The summed E-state index contributed by atoms with van der Waals surface area (Å²) in [5.41, 5.74) is 1.24. The van der Waals surface area contributed by atoms with Crippen molar-refractivity contribution >= 4 is 34.7 Å². The SMILES string of the molecule is COc1ccc(Nc2c(C(=O)O)ccc(C(=O)O)c2Nc2ccc(OC)cc2)cc1. The third-order valence-corrected chi connectivity index (χ3v) is 4.38. The van der Waals surface area contributed by atoms with Crippen molar-refractivity contribution in [1.29, 1.82) is 0 Å². The van der Waals surface area contributed by atoms with E-state index in [9.17, 15) is 19.8 Å². The second kappa shape index (κ2) is 8.87. The monoisotopic (exact) mass is 408 g/mol. The average molecular weight is 408 g/mol. The Labute approximate surface area is 172 Å². The number of hydrogen-bond donors (Lipinski definition) is 4. The van der Waals surface area contributed by atoms with Crippen molar-refractivity contribution in [2.24, 2.45) is 0 Å². The Morgan fingerprint density at radius 2 is 0.967 bits per heavy atom. The minimum atomic E-state index is -1.19. The summed E-state index contributed by atoms with van der Waals surface area (Å²) in [4.78, 5) is 23.7. The number of anilines is 4. The van der Waals surface area contributed by atoms with E-state index in [0.29, 0.717) is 22.9 Å². The number of rotatable bonds is 8. The lowest BCUT2D eigenvalue weighted by atomic mass is 10.0. The van der Waals surface area contributed by atoms with Gasteiger partial charge in [-0.1, -0.05) is 0 Å². The lowest BCUT2D eigenvalue weighted by Crippen LogP contribution is -2.11. The summed E-state index contributed by atoms with van der Waals surface area (Å²) in [7, 11) is 3.08. The molecule has 8 heteroatoms. The molecule has 0 saturated carbocycles. The molecule has 3 aromatic carbocycles. The number of methoxy groups -OCH3 is 2. The van der Waals surface area contributed by atoms with E-state index >= 15 is 0 Å². The van der Waals surface area contributed by atoms with Crippen molar-refractivity contribution in [1.82, 2.24) is 0 Å². The molecule has 0 spiro atoms. The van der Waals surface area contributed by atoms with Gasteiger partial charge in [-0.15, -0.1) is 0 Å². The second-order valence-electron chi connectivity index (χ2n) is 6.23. The molecule has 0 aromatic heterocycles. The fourth-order valence-electron chi connectivity index (χ4n) is 2.86. The molecule has 0 aliphatic rings. The highest BCUT2D eigenvalue weighted by Gasteiger charge is 2.22. The van der Waals surface area contributed by atoms with Crippen LogP contribution in [0.1, 0.15) is 20.7 Å². The van der Waals surface area contributed by atoms with Gasteiger partial charge in [0.05, 0.1) is 36.7 Å². The fraction of sp³-hybridized carbons (Fsp3) is 0.0909. The first kappa shape index (κ1) is 20.5. The van der Waals surface area contributed by atoms with E-state index in [1.807, 2.05) is 0 Å². The van der Waals surface area contributed by atoms with Crippen LogP contribution < -0.4 is 20.1 Å². The lowest BCUT2D eigenvalue weighted by molar-refractivity contribution is 0.0683. The molecule has 0 bridgehead atoms. The van der Waals surface area contributed by atoms with Crippen molar-refractivity contribution < 1.29 is 29.3 Å². The molecule has 0 aliphatic heterocycles. The molecule has 0 heterocycles. The van der Waals surface area contributed by atoms with E-state index in [1.165, 1.54) is 26.4 Å². The summed E-state index contributed by atoms with van der Waals surface area (Å²) in [6, 6.07) is 16.2. The predicted molar refractivity (Wildman–Crippen MR) is 113 cm³/mol. The van der Waals surface area contributed by atoms with E-state index in [2.05, 4.69) is 10.6 Å². The normalized spacial score (nSPS) is 10.2. The van der Waals surface area contributed by atoms with Gasteiger partial charge in [0.1, 0.15) is 11.5 Å². The Bertz CT molecular complexity index is 976. The Morgan fingerprint density at radius 3 is 1.23 bits per heavy atom. The standard InChI is InChI=1S/C22H20N2O6/c1-29-15-7-3-13(4-8-15)23-19-17(21(25)26)11-12-18(22(27)28)20(19)24-14-5-9-16(30-2)10-6-14/h3-12,23-24H,1-2H3,(H,25,26)(H,27,28). The predicted octanol–water partition coefficient (Wildman–Crippen LogP) is 4.59. The van der Waals surface area contributed by atoms with Gasteiger partial charge in [0.25, 0.3) is 0 Å². The van der Waals surface area contributed by atoms with Gasteiger partial charge in [0, 0.05) is 11.4 Å². The average Bonchev–Trinajstić information content (AvgIpc) is 2.75. The van der Waals surface area contributed by atoms with E-state index in [1.54, 1.807) is 48.5 Å². The first-order chi connectivity index (χ1) is 14.4. The second-order valence-corrected chi connectivity index (χ2v) is 6.23. The summed E-state index contributed by atoms with van der Waals surface area (Å²) in [6.45, 7) is 0. The first-order valence-electron chi connectivity index (χ1n) is 8.88. The minimum absolute atomic E-state index is 0.0770. The quantitative estimate of drug-likeness (QED) is 0.428. The van der Waals surface area contributed by atoms with Crippen LogP contribution in [0.2, 0.25) is 0 Å². The van der Waals surface area contributed by atoms with Gasteiger partial charge in [-0.25, -0.2) is 9.59 Å². The smallest absolute Gasteiger partial charge is 0.337 e. The van der Waals surface area contributed by atoms with Crippen molar-refractivity contribution in [2.45, 2.75) is 0 Å². The number of benzene rings is 3. The van der Waals surface area contributed by atoms with Gasteiger partial charge in [0.2, 0.25) is 0 Å². The number of carboxylic acids is 2. The minimum Gasteiger partial charge on any atom is -0.497 e. The lowest BCUT2D eigenvalue weighted by Gasteiger charge is -2.19. The molecule has 0 unspecified atom stereocenters. The molecule has 0 saturated heterocycles. The van der Waals surface area contributed by atoms with Crippen LogP contribution in [0.25, 0.3) is 0 Å². The zero-order valence-electron chi connectivity index (χ0n) is 16.3. The van der Waals surface area contributed by atoms with Crippen molar-refractivity contribution in [2.75, 3.05) is 24.9 Å². The number of nitrogens with one attached hydrogen (secondary N) is 2. The van der Waals surface area contributed by atoms with E-state index in [-0.39, 0.29) is 22.5 Å². The Balaban J connectivity index is 2.11. The summed E-state index contributed by atoms with van der Waals surface area (Å²) in [6.07, 6.45) is 0. The van der Waals surface area contributed by atoms with Gasteiger partial charge in [0.15, 0.2) is 0 Å². The molecule has 0 atom stereocenters. The Kier molecular flexibility index (Phi) is 6.07. The summed E-state index contributed by atoms with van der Waals surface area (Å²) in [5, 5.41) is 25.4. The van der Waals surface area contributed by atoms with Crippen LogP contribution in [0.15, 0.2) is 60.7 Å². The van der Waals surface area contributed by atoms with E-state index in [0.717, 1.165) is 0 Å². The van der Waals surface area contributed by atoms with Crippen LogP contribution in [0.4, 0.5) is 22.7 Å². The zero-order valence-corrected chi connectivity index (χ0v) is 16.3. The number of carboxylic acid groups (broad SMARTS) is 2. The molecule has 3 aromatic rings. The first-order valence-corrected chi connectivity index (χ1v) is 8.88. The molecule has 8 nitrogen and oxygen atoms in total. The van der Waals surface area contributed by atoms with Gasteiger partial charge in [-0.2, -0.15) is 0 Å². The molecule has 30 heavy (non-hydrogen) atoms. The molecule has 0 fully saturated rings. The maximum Gasteiger partial charge on any atom is 0.337 e. The molecule has 4 N–H and O–H groups in total. The highest BCUT2D eigenvalue weighted by atomic mass is 16.5. The third-order valence-electron chi connectivity index (χ3n) is 4.38. The Hall–Kier alpha value is -4.20. The molecule has 154 valence electrons. The number of carbonyl (C=O) groups is 2. The van der Waals surface area contributed by atoms with Gasteiger partial charge in [-0.05, 0) is 60.7 Å². The van der Waals surface area contributed by atoms with Crippen LogP contribution >= 0.6 is 0 Å². The van der Waals surface area contributed by atoms with E-state index in [4.69, 9.17) is 9.47 Å². The molecule has 3 rings (SSSR count). The van der Waals surface area contributed by atoms with Crippen LogP contribution in [0, 0.1) is 0 Å². The highest BCUT2D eigenvalue weighted by Crippen LogP contribution is 2.36. The Morgan fingerprint density at radius 1 is 0.633 bits per heavy atom. The summed E-state index contributed by atoms with van der Waals surface area (Å²) >= 11 is 0. The van der Waals surface area contributed by atoms with Crippen LogP contribution in [-0.2, 0) is 0 Å². The largest absolute Gasteiger partial charge is 0.497 e. The van der Waals surface area contributed by atoms with Gasteiger partial charge < -0.3 is 30.3 Å². The molecular weight excluding hydrogens is 388 g/mol. The number of aromatic carboxylic acids is 2. The number of hydrogen-bond acceptors (Lipinski definition) is 6. The molecule has 0 amide bonds. The van der Waals surface area contributed by atoms with Crippen molar-refractivity contribution in [3.05, 3.63) is 71.8 Å². The van der Waals surface area contributed by atoms with Crippen molar-refractivity contribution in [3.8, 4) is 11.5 Å². The van der Waals surface area contributed by atoms with Crippen LogP contribution in [-0.4, -0.2) is 36.4 Å². The fourth-order valence-corrected chi connectivity index (χ4v) is 2.86. The van der Waals surface area contributed by atoms with Gasteiger partial charge >= 0.3 is 11.9 Å². The summed E-state index contributed by atoms with van der Waals surface area (Å²) in [5.74, 6) is -1.12. The van der Waals surface area contributed by atoms with Crippen LogP contribution in [0.3, 0.4) is 0 Å². The zero-order chi connectivity index (χ0) is 21.7. The van der Waals surface area contributed by atoms with E-state index < -0.39 is 11.9 Å². The maximum absolute atomic E-state index is 11.8.